The van der Waals surface area contributed by atoms with Gasteiger partial charge in [-0.3, -0.25) is 4.79 Å². The van der Waals surface area contributed by atoms with Crippen molar-refractivity contribution in [2.24, 2.45) is 0 Å². The molecule has 0 saturated carbocycles. The van der Waals surface area contributed by atoms with Crippen molar-refractivity contribution >= 4 is 16.0 Å². The Labute approximate surface area is 119 Å². The summed E-state index contributed by atoms with van der Waals surface area (Å²) in [5, 5.41) is 0. The number of ether oxygens (including phenoxy) is 2. The second-order valence-electron chi connectivity index (χ2n) is 4.22. The molecule has 0 aliphatic rings. The Morgan fingerprint density at radius 1 is 1.25 bits per heavy atom. The molecular weight excluding hydrogens is 282 g/mol. The maximum atomic E-state index is 12.2. The zero-order valence-electron chi connectivity index (χ0n) is 12.0. The first-order valence-electron chi connectivity index (χ1n) is 6.12. The number of hydrogen-bond donors (Lipinski definition) is 1. The van der Waals surface area contributed by atoms with E-state index in [0.29, 0.717) is 16.9 Å². The molecule has 112 valence electrons. The van der Waals surface area contributed by atoms with E-state index in [9.17, 15) is 13.2 Å². The van der Waals surface area contributed by atoms with Gasteiger partial charge in [-0.05, 0) is 44.0 Å². The molecule has 0 heterocycles. The van der Waals surface area contributed by atoms with Crippen LogP contribution in [0.5, 0.6) is 5.75 Å². The summed E-state index contributed by atoms with van der Waals surface area (Å²) in [5.74, 6) is 0.00537. The molecule has 0 saturated heterocycles. The maximum Gasteiger partial charge on any atom is 0.321 e. The fourth-order valence-electron chi connectivity index (χ4n) is 1.72. The number of sulfonamides is 1. The van der Waals surface area contributed by atoms with Gasteiger partial charge in [0.2, 0.25) is 10.0 Å². The topological polar surface area (TPSA) is 81.7 Å². The molecule has 0 aliphatic heterocycles. The molecule has 1 aromatic carbocycles. The lowest BCUT2D eigenvalue weighted by molar-refractivity contribution is -0.141. The highest BCUT2D eigenvalue weighted by Crippen LogP contribution is 2.25. The maximum absolute atomic E-state index is 12.2. The van der Waals surface area contributed by atoms with Crippen molar-refractivity contribution in [3.8, 4) is 5.75 Å². The predicted molar refractivity (Wildman–Crippen MR) is 74.3 cm³/mol. The summed E-state index contributed by atoms with van der Waals surface area (Å²) in [6, 6.07) is 3.16. The number of benzene rings is 1. The number of methoxy groups -OCH3 is 1. The van der Waals surface area contributed by atoms with E-state index in [1.165, 1.54) is 13.2 Å². The minimum Gasteiger partial charge on any atom is -0.496 e. The van der Waals surface area contributed by atoms with Gasteiger partial charge in [0, 0.05) is 0 Å². The van der Waals surface area contributed by atoms with Gasteiger partial charge in [0.1, 0.15) is 12.3 Å². The molecule has 0 bridgehead atoms. The summed E-state index contributed by atoms with van der Waals surface area (Å²) in [6.45, 7) is 4.90. The van der Waals surface area contributed by atoms with Crippen LogP contribution in [0.3, 0.4) is 0 Å². The molecule has 0 fully saturated rings. The van der Waals surface area contributed by atoms with Gasteiger partial charge in [-0.2, -0.15) is 4.72 Å². The Hall–Kier alpha value is -1.60. The number of carbonyl (C=O) groups is 1. The van der Waals surface area contributed by atoms with Crippen molar-refractivity contribution in [3.63, 3.8) is 0 Å². The average molecular weight is 301 g/mol. The third kappa shape index (κ3) is 3.94. The molecule has 7 heteroatoms. The third-order valence-corrected chi connectivity index (χ3v) is 4.24. The van der Waals surface area contributed by atoms with Crippen molar-refractivity contribution in [1.82, 2.24) is 4.72 Å². The summed E-state index contributed by atoms with van der Waals surface area (Å²) in [6.07, 6.45) is 0. The van der Waals surface area contributed by atoms with Gasteiger partial charge >= 0.3 is 5.97 Å². The van der Waals surface area contributed by atoms with Crippen LogP contribution in [-0.2, 0) is 19.6 Å². The average Bonchev–Trinajstić information content (AvgIpc) is 2.39. The number of rotatable bonds is 6. The Morgan fingerprint density at radius 2 is 1.90 bits per heavy atom. The molecule has 1 rings (SSSR count). The Kier molecular flexibility index (Phi) is 5.52. The lowest BCUT2D eigenvalue weighted by atomic mass is 10.1. The zero-order chi connectivity index (χ0) is 15.3. The van der Waals surface area contributed by atoms with Gasteiger partial charge in [-0.15, -0.1) is 0 Å². The fourth-order valence-corrected chi connectivity index (χ4v) is 2.99. The first-order valence-corrected chi connectivity index (χ1v) is 7.60. The summed E-state index contributed by atoms with van der Waals surface area (Å²) in [4.78, 5) is 11.3. The molecule has 0 spiro atoms. The van der Waals surface area contributed by atoms with Crippen molar-refractivity contribution in [2.45, 2.75) is 25.7 Å². The predicted octanol–water partition coefficient (Wildman–Crippen LogP) is 1.15. The quantitative estimate of drug-likeness (QED) is 0.797. The van der Waals surface area contributed by atoms with Crippen LogP contribution in [-0.4, -0.2) is 34.6 Å². The Bertz CT molecular complexity index is 595. The van der Waals surface area contributed by atoms with Gasteiger partial charge in [-0.1, -0.05) is 0 Å². The lowest BCUT2D eigenvalue weighted by Gasteiger charge is -2.12. The van der Waals surface area contributed by atoms with Crippen LogP contribution < -0.4 is 9.46 Å². The standard InChI is InChI=1S/C13H19NO5S/c1-5-19-13(15)8-14-20(16,17)12-7-9(2)11(18-4)6-10(12)3/h6-7,14H,5,8H2,1-4H3. The first-order chi connectivity index (χ1) is 9.31. The van der Waals surface area contributed by atoms with Crippen LogP contribution in [0.2, 0.25) is 0 Å². The Morgan fingerprint density at radius 3 is 2.45 bits per heavy atom. The Balaban J connectivity index is 2.98. The van der Waals surface area contributed by atoms with E-state index in [4.69, 9.17) is 4.74 Å². The lowest BCUT2D eigenvalue weighted by Crippen LogP contribution is -2.31. The number of hydrogen-bond acceptors (Lipinski definition) is 5. The highest BCUT2D eigenvalue weighted by atomic mass is 32.2. The molecule has 1 N–H and O–H groups in total. The molecule has 6 nitrogen and oxygen atoms in total. The van der Waals surface area contributed by atoms with Gasteiger partial charge < -0.3 is 9.47 Å². The minimum absolute atomic E-state index is 0.125. The van der Waals surface area contributed by atoms with Gasteiger partial charge in [0.05, 0.1) is 18.6 Å². The highest BCUT2D eigenvalue weighted by molar-refractivity contribution is 7.89. The van der Waals surface area contributed by atoms with Crippen LogP contribution in [0.4, 0.5) is 0 Å². The van der Waals surface area contributed by atoms with Crippen molar-refractivity contribution in [1.29, 1.82) is 0 Å². The summed E-state index contributed by atoms with van der Waals surface area (Å²) >= 11 is 0. The molecular formula is C13H19NO5S. The van der Waals surface area contributed by atoms with Crippen LogP contribution in [0.25, 0.3) is 0 Å². The molecule has 0 atom stereocenters. The van der Waals surface area contributed by atoms with Crippen LogP contribution in [0.15, 0.2) is 17.0 Å². The monoisotopic (exact) mass is 301 g/mol. The van der Waals surface area contributed by atoms with Gasteiger partial charge in [0.25, 0.3) is 0 Å². The molecule has 0 radical (unpaired) electrons. The van der Waals surface area contributed by atoms with Crippen molar-refractivity contribution < 1.29 is 22.7 Å². The molecule has 0 amide bonds. The third-order valence-electron chi connectivity index (χ3n) is 2.69. The summed E-state index contributed by atoms with van der Waals surface area (Å²) in [5.41, 5.74) is 1.25. The largest absolute Gasteiger partial charge is 0.496 e. The molecule has 20 heavy (non-hydrogen) atoms. The molecule has 1 aromatic rings. The number of nitrogens with one attached hydrogen (secondary N) is 1. The molecule has 0 aromatic heterocycles. The number of carbonyl (C=O) groups excluding carboxylic acids is 1. The van der Waals surface area contributed by atoms with E-state index in [1.807, 2.05) is 0 Å². The smallest absolute Gasteiger partial charge is 0.321 e. The SMILES string of the molecule is CCOC(=O)CNS(=O)(=O)c1cc(C)c(OC)cc1C. The first kappa shape index (κ1) is 16.5. The fraction of sp³-hybridized carbons (Fsp3) is 0.462. The van der Waals surface area contributed by atoms with Crippen LogP contribution in [0, 0.1) is 13.8 Å². The number of esters is 1. The molecule has 0 unspecified atom stereocenters. The van der Waals surface area contributed by atoms with Crippen molar-refractivity contribution in [3.05, 3.63) is 23.3 Å². The highest BCUT2D eigenvalue weighted by Gasteiger charge is 2.19. The minimum atomic E-state index is -3.76. The summed E-state index contributed by atoms with van der Waals surface area (Å²) < 4.78 is 36.3. The molecule has 0 aliphatic carbocycles. The van der Waals surface area contributed by atoms with Crippen LogP contribution >= 0.6 is 0 Å². The normalized spacial score (nSPS) is 11.2. The summed E-state index contributed by atoms with van der Waals surface area (Å²) in [7, 11) is -2.24. The van der Waals surface area contributed by atoms with E-state index in [2.05, 4.69) is 9.46 Å². The van der Waals surface area contributed by atoms with Gasteiger partial charge in [-0.25, -0.2) is 8.42 Å². The van der Waals surface area contributed by atoms with E-state index in [-0.39, 0.29) is 18.0 Å². The second kappa shape index (κ2) is 6.71. The zero-order valence-corrected chi connectivity index (χ0v) is 12.8. The van der Waals surface area contributed by atoms with E-state index >= 15 is 0 Å². The van der Waals surface area contributed by atoms with Gasteiger partial charge in [0.15, 0.2) is 0 Å². The number of aryl methyl sites for hydroxylation is 2. The van der Waals surface area contributed by atoms with E-state index in [1.54, 1.807) is 26.8 Å². The van der Waals surface area contributed by atoms with Crippen molar-refractivity contribution in [2.75, 3.05) is 20.3 Å². The van der Waals surface area contributed by atoms with Crippen LogP contribution in [0.1, 0.15) is 18.1 Å². The van der Waals surface area contributed by atoms with E-state index < -0.39 is 16.0 Å². The van der Waals surface area contributed by atoms with E-state index in [0.717, 1.165) is 0 Å². The second-order valence-corrected chi connectivity index (χ2v) is 5.95.